The van der Waals surface area contributed by atoms with Crippen LogP contribution in [0.2, 0.25) is 0 Å². The average Bonchev–Trinajstić information content (AvgIpc) is 2.70. The third-order valence-corrected chi connectivity index (χ3v) is 4.12. The summed E-state index contributed by atoms with van der Waals surface area (Å²) in [6.45, 7) is -0.843. The third kappa shape index (κ3) is 5.69. The fraction of sp³-hybridized carbons (Fsp3) is 0.300. The van der Waals surface area contributed by atoms with Crippen LogP contribution in [-0.2, 0) is 4.74 Å². The van der Waals surface area contributed by atoms with Crippen molar-refractivity contribution in [2.24, 2.45) is 0 Å². The van der Waals surface area contributed by atoms with Gasteiger partial charge in [-0.1, -0.05) is 12.1 Å². The zero-order valence-corrected chi connectivity index (χ0v) is 16.3. The number of amides is 2. The fourth-order valence-corrected chi connectivity index (χ4v) is 2.63. The maximum Gasteiger partial charge on any atom is 0.387 e. The lowest BCUT2D eigenvalue weighted by atomic mass is 10.1. The van der Waals surface area contributed by atoms with Gasteiger partial charge in [0.2, 0.25) is 0 Å². The first kappa shape index (κ1) is 23.1. The monoisotopic (exact) mass is 428 g/mol. The predicted molar refractivity (Wildman–Crippen MR) is 101 cm³/mol. The van der Waals surface area contributed by atoms with Gasteiger partial charge >= 0.3 is 6.61 Å². The maximum absolute atomic E-state index is 14.2. The van der Waals surface area contributed by atoms with Crippen molar-refractivity contribution in [1.82, 2.24) is 4.90 Å². The van der Waals surface area contributed by atoms with Crippen LogP contribution in [0.1, 0.15) is 27.6 Å². The molecule has 2 amide bonds. The Balaban J connectivity index is 2.32. The smallest absolute Gasteiger partial charge is 0.387 e. The molecule has 0 spiro atoms. The van der Waals surface area contributed by atoms with Crippen LogP contribution in [0.25, 0.3) is 0 Å². The molecule has 30 heavy (non-hydrogen) atoms. The van der Waals surface area contributed by atoms with E-state index in [9.17, 15) is 27.2 Å². The maximum atomic E-state index is 14.2. The van der Waals surface area contributed by atoms with Crippen LogP contribution in [0, 0.1) is 11.6 Å². The number of nitrogens with zero attached hydrogens (tertiary/aromatic N) is 1. The SMILES string of the molecule is CCN(CCOC)C(=O)c1cc(NC(=O)c2ccccc2OC(F)F)c(F)cc1F. The van der Waals surface area contributed by atoms with E-state index in [1.807, 2.05) is 0 Å². The zero-order chi connectivity index (χ0) is 22.3. The highest BCUT2D eigenvalue weighted by molar-refractivity contribution is 6.07. The average molecular weight is 428 g/mol. The molecule has 0 radical (unpaired) electrons. The van der Waals surface area contributed by atoms with E-state index in [4.69, 9.17) is 4.74 Å². The number of halogens is 4. The summed E-state index contributed by atoms with van der Waals surface area (Å²) in [5.74, 6) is -4.34. The van der Waals surface area contributed by atoms with Crippen LogP contribution in [0.4, 0.5) is 23.2 Å². The van der Waals surface area contributed by atoms with Gasteiger partial charge in [-0.05, 0) is 25.1 Å². The van der Waals surface area contributed by atoms with E-state index in [0.29, 0.717) is 6.07 Å². The first-order chi connectivity index (χ1) is 14.3. The van der Waals surface area contributed by atoms with Gasteiger partial charge in [0.05, 0.1) is 23.4 Å². The van der Waals surface area contributed by atoms with Gasteiger partial charge in [0.25, 0.3) is 11.8 Å². The molecule has 0 saturated heterocycles. The summed E-state index contributed by atoms with van der Waals surface area (Å²) in [6.07, 6.45) is 0. The van der Waals surface area contributed by atoms with Gasteiger partial charge in [-0.2, -0.15) is 8.78 Å². The third-order valence-electron chi connectivity index (χ3n) is 4.12. The van der Waals surface area contributed by atoms with Crippen molar-refractivity contribution in [3.05, 3.63) is 59.2 Å². The number of nitrogens with one attached hydrogen (secondary N) is 1. The highest BCUT2D eigenvalue weighted by Gasteiger charge is 2.22. The summed E-state index contributed by atoms with van der Waals surface area (Å²) in [6, 6.07) is 6.45. The summed E-state index contributed by atoms with van der Waals surface area (Å²) >= 11 is 0. The lowest BCUT2D eigenvalue weighted by molar-refractivity contribution is -0.0501. The molecule has 0 saturated carbocycles. The van der Waals surface area contributed by atoms with Crippen LogP contribution in [-0.4, -0.2) is 50.1 Å². The Morgan fingerprint density at radius 2 is 1.80 bits per heavy atom. The molecule has 2 aromatic carbocycles. The van der Waals surface area contributed by atoms with Crippen molar-refractivity contribution in [2.45, 2.75) is 13.5 Å². The van der Waals surface area contributed by atoms with Crippen molar-refractivity contribution in [3.8, 4) is 5.75 Å². The predicted octanol–water partition coefficient (Wildman–Crippen LogP) is 3.93. The molecular weight excluding hydrogens is 408 g/mol. The van der Waals surface area contributed by atoms with E-state index in [1.165, 1.54) is 30.2 Å². The van der Waals surface area contributed by atoms with Gasteiger partial charge in [-0.3, -0.25) is 9.59 Å². The number of hydrogen-bond donors (Lipinski definition) is 1. The number of methoxy groups -OCH3 is 1. The van der Waals surface area contributed by atoms with Crippen molar-refractivity contribution in [2.75, 3.05) is 32.1 Å². The van der Waals surface area contributed by atoms with E-state index in [1.54, 1.807) is 6.92 Å². The highest BCUT2D eigenvalue weighted by atomic mass is 19.3. The van der Waals surface area contributed by atoms with Crippen LogP contribution in [0.5, 0.6) is 5.75 Å². The second-order valence-corrected chi connectivity index (χ2v) is 6.02. The van der Waals surface area contributed by atoms with Gasteiger partial charge in [-0.25, -0.2) is 8.78 Å². The Kier molecular flexibility index (Phi) is 8.16. The lowest BCUT2D eigenvalue weighted by Crippen LogP contribution is -2.34. The van der Waals surface area contributed by atoms with Crippen LogP contribution in [0.15, 0.2) is 36.4 Å². The fourth-order valence-electron chi connectivity index (χ4n) is 2.63. The number of ether oxygens (including phenoxy) is 2. The summed E-state index contributed by atoms with van der Waals surface area (Å²) in [7, 11) is 1.44. The van der Waals surface area contributed by atoms with Gasteiger partial charge < -0.3 is 19.7 Å². The Morgan fingerprint density at radius 1 is 1.10 bits per heavy atom. The van der Waals surface area contributed by atoms with Crippen molar-refractivity contribution in [3.63, 3.8) is 0 Å². The Morgan fingerprint density at radius 3 is 2.43 bits per heavy atom. The molecule has 162 valence electrons. The molecule has 0 fully saturated rings. The second-order valence-electron chi connectivity index (χ2n) is 6.02. The number of alkyl halides is 2. The highest BCUT2D eigenvalue weighted by Crippen LogP contribution is 2.25. The first-order valence-electron chi connectivity index (χ1n) is 8.90. The van der Waals surface area contributed by atoms with E-state index in [0.717, 1.165) is 12.1 Å². The molecule has 0 aliphatic carbocycles. The van der Waals surface area contributed by atoms with E-state index in [2.05, 4.69) is 10.1 Å². The molecule has 2 aromatic rings. The Bertz CT molecular complexity index is 908. The molecular formula is C20H20F4N2O4. The van der Waals surface area contributed by atoms with Gasteiger partial charge in [0, 0.05) is 26.3 Å². The lowest BCUT2D eigenvalue weighted by Gasteiger charge is -2.21. The number of likely N-dealkylation sites (N-methyl/N-ethyl adjacent to an activating group) is 1. The Labute approximate surface area is 170 Å². The number of benzene rings is 2. The number of carbonyl (C=O) groups is 2. The molecule has 6 nitrogen and oxygen atoms in total. The minimum Gasteiger partial charge on any atom is -0.434 e. The number of rotatable bonds is 9. The first-order valence-corrected chi connectivity index (χ1v) is 8.90. The summed E-state index contributed by atoms with van der Waals surface area (Å²) in [5.41, 5.74) is -1.23. The molecule has 0 heterocycles. The van der Waals surface area contributed by atoms with Crippen molar-refractivity contribution < 1.29 is 36.6 Å². The topological polar surface area (TPSA) is 67.9 Å². The Hall–Kier alpha value is -3.14. The molecule has 0 unspecified atom stereocenters. The molecule has 0 atom stereocenters. The van der Waals surface area contributed by atoms with Gasteiger partial charge in [0.15, 0.2) is 0 Å². The molecule has 0 aromatic heterocycles. The van der Waals surface area contributed by atoms with Crippen molar-refractivity contribution >= 4 is 17.5 Å². The molecule has 10 heteroatoms. The van der Waals surface area contributed by atoms with E-state index in [-0.39, 0.29) is 25.3 Å². The van der Waals surface area contributed by atoms with Crippen LogP contribution < -0.4 is 10.1 Å². The van der Waals surface area contributed by atoms with E-state index >= 15 is 0 Å². The largest absolute Gasteiger partial charge is 0.434 e. The van der Waals surface area contributed by atoms with Crippen LogP contribution >= 0.6 is 0 Å². The minimum atomic E-state index is -3.17. The molecule has 0 aliphatic heterocycles. The number of anilines is 1. The summed E-state index contributed by atoms with van der Waals surface area (Å²) in [4.78, 5) is 26.3. The molecule has 0 bridgehead atoms. The van der Waals surface area contributed by atoms with Crippen LogP contribution in [0.3, 0.4) is 0 Å². The summed E-state index contributed by atoms with van der Waals surface area (Å²) < 4.78 is 62.7. The summed E-state index contributed by atoms with van der Waals surface area (Å²) in [5, 5.41) is 2.16. The number of carbonyl (C=O) groups excluding carboxylic acids is 2. The molecule has 0 aliphatic rings. The van der Waals surface area contributed by atoms with Crippen molar-refractivity contribution in [1.29, 1.82) is 0 Å². The molecule has 1 N–H and O–H groups in total. The standard InChI is InChI=1S/C20H20F4N2O4/c1-3-26(8-9-29-2)19(28)13-10-16(15(22)11-14(13)21)25-18(27)12-6-4-5-7-17(12)30-20(23)24/h4-7,10-11,20H,3,8-9H2,1-2H3,(H,25,27). The molecule has 2 rings (SSSR count). The van der Waals surface area contributed by atoms with Gasteiger partial charge in [0.1, 0.15) is 17.4 Å². The minimum absolute atomic E-state index is 0.183. The number of hydrogen-bond acceptors (Lipinski definition) is 4. The normalized spacial score (nSPS) is 10.8. The quantitative estimate of drug-likeness (QED) is 0.615. The zero-order valence-electron chi connectivity index (χ0n) is 16.3. The van der Waals surface area contributed by atoms with E-state index < -0.39 is 47.1 Å². The number of para-hydroxylation sites is 1. The second kappa shape index (κ2) is 10.6. The van der Waals surface area contributed by atoms with Gasteiger partial charge in [-0.15, -0.1) is 0 Å².